The number of halogens is 5. The molecule has 5 rings (SSSR count). The molecular weight excluding hydrogens is 549 g/mol. The molecular formula is C28H28F5N5O3. The number of morpholine rings is 1. The number of pyridine rings is 1. The maximum absolute atomic E-state index is 15.6. The van der Waals surface area contributed by atoms with Crippen LogP contribution in [-0.4, -0.2) is 61.7 Å². The largest absolute Gasteiger partial charge is 0.444 e. The zero-order valence-corrected chi connectivity index (χ0v) is 22.8. The third kappa shape index (κ3) is 6.04. The van der Waals surface area contributed by atoms with E-state index in [1.165, 1.54) is 4.90 Å². The second-order valence-electron chi connectivity index (χ2n) is 10.9. The fourth-order valence-corrected chi connectivity index (χ4v) is 4.69. The van der Waals surface area contributed by atoms with Crippen LogP contribution in [0.1, 0.15) is 37.7 Å². The zero-order chi connectivity index (χ0) is 29.7. The fourth-order valence-electron chi connectivity index (χ4n) is 4.69. The standard InChI is InChI=1S/C28H28F5N5O3/c1-15-5-6-38-20(12-17-14-37(7-8-40-17)26(39)41-27(2,3)4)24(36-22(38)9-15)23-18(29)10-16(11-19(23)30)25-34-13-21(35-25)28(31,32)33/h5-6,9-11,13,17H,7-8,12,14H2,1-4H3,(H,34,35)/t17-/m0/s1. The molecule has 0 radical (unpaired) electrons. The van der Waals surface area contributed by atoms with Crippen LogP contribution in [0, 0.1) is 18.6 Å². The topological polar surface area (TPSA) is 84.8 Å². The number of aryl methyl sites for hydroxylation is 1. The van der Waals surface area contributed by atoms with Crippen molar-refractivity contribution in [3.8, 4) is 22.6 Å². The van der Waals surface area contributed by atoms with E-state index in [1.807, 2.05) is 13.0 Å². The van der Waals surface area contributed by atoms with E-state index in [2.05, 4.69) is 15.0 Å². The van der Waals surface area contributed by atoms with Gasteiger partial charge in [0.2, 0.25) is 0 Å². The van der Waals surface area contributed by atoms with Gasteiger partial charge < -0.3 is 23.8 Å². The molecule has 218 valence electrons. The number of amides is 1. The lowest BCUT2D eigenvalue weighted by atomic mass is 10.0. The SMILES string of the molecule is Cc1ccn2c(C[C@H]3CN(C(=O)OC(C)(C)C)CCO3)c(-c3c(F)cc(-c4nc(C(F)(F)F)c[nH]4)cc3F)nc2c1. The summed E-state index contributed by atoms with van der Waals surface area (Å²) in [7, 11) is 0. The number of hydrogen-bond donors (Lipinski definition) is 1. The molecule has 4 aromatic rings. The van der Waals surface area contributed by atoms with Crippen molar-refractivity contribution in [2.24, 2.45) is 0 Å². The quantitative estimate of drug-likeness (QED) is 0.293. The molecule has 4 heterocycles. The highest BCUT2D eigenvalue weighted by atomic mass is 19.4. The van der Waals surface area contributed by atoms with Gasteiger partial charge in [-0.15, -0.1) is 0 Å². The highest BCUT2D eigenvalue weighted by Crippen LogP contribution is 2.35. The lowest BCUT2D eigenvalue weighted by Gasteiger charge is -2.34. The second-order valence-corrected chi connectivity index (χ2v) is 10.9. The summed E-state index contributed by atoms with van der Waals surface area (Å²) in [5.74, 6) is -2.37. The Hall–Kier alpha value is -4.00. The number of rotatable bonds is 4. The van der Waals surface area contributed by atoms with Crippen molar-refractivity contribution in [3.63, 3.8) is 0 Å². The first-order valence-electron chi connectivity index (χ1n) is 12.9. The van der Waals surface area contributed by atoms with E-state index in [1.54, 1.807) is 37.4 Å². The molecule has 1 N–H and O–H groups in total. The van der Waals surface area contributed by atoms with Crippen molar-refractivity contribution in [2.75, 3.05) is 19.7 Å². The average molecular weight is 578 g/mol. The molecule has 1 aliphatic heterocycles. The number of hydrogen-bond acceptors (Lipinski definition) is 5. The molecule has 0 unspecified atom stereocenters. The minimum absolute atomic E-state index is 0.0190. The summed E-state index contributed by atoms with van der Waals surface area (Å²) >= 11 is 0. The number of carbonyl (C=O) groups is 1. The number of nitrogens with one attached hydrogen (secondary N) is 1. The van der Waals surface area contributed by atoms with Gasteiger partial charge >= 0.3 is 12.3 Å². The van der Waals surface area contributed by atoms with Crippen LogP contribution < -0.4 is 0 Å². The van der Waals surface area contributed by atoms with Crippen molar-refractivity contribution in [3.05, 3.63) is 65.2 Å². The predicted molar refractivity (Wildman–Crippen MR) is 139 cm³/mol. The van der Waals surface area contributed by atoms with Gasteiger partial charge in [0.25, 0.3) is 0 Å². The summed E-state index contributed by atoms with van der Waals surface area (Å²) in [6.07, 6.45) is -3.20. The Morgan fingerprint density at radius 1 is 1.15 bits per heavy atom. The molecule has 8 nitrogen and oxygen atoms in total. The van der Waals surface area contributed by atoms with Gasteiger partial charge in [0.1, 0.15) is 28.7 Å². The van der Waals surface area contributed by atoms with Crippen molar-refractivity contribution in [1.29, 1.82) is 0 Å². The van der Waals surface area contributed by atoms with Crippen LogP contribution >= 0.6 is 0 Å². The number of H-pyrrole nitrogens is 1. The molecule has 1 amide bonds. The molecule has 0 spiro atoms. The highest BCUT2D eigenvalue weighted by molar-refractivity contribution is 5.72. The third-order valence-corrected chi connectivity index (χ3v) is 6.51. The Bertz CT molecular complexity index is 1580. The van der Waals surface area contributed by atoms with Crippen LogP contribution in [0.25, 0.3) is 28.3 Å². The Morgan fingerprint density at radius 2 is 1.85 bits per heavy atom. The second kappa shape index (κ2) is 10.4. The molecule has 1 atom stereocenters. The maximum Gasteiger partial charge on any atom is 0.434 e. The van der Waals surface area contributed by atoms with Crippen molar-refractivity contribution in [1.82, 2.24) is 24.3 Å². The van der Waals surface area contributed by atoms with Gasteiger partial charge in [0.05, 0.1) is 36.2 Å². The van der Waals surface area contributed by atoms with Crippen LogP contribution in [0.2, 0.25) is 0 Å². The number of ether oxygens (including phenoxy) is 2. The van der Waals surface area contributed by atoms with Crippen LogP contribution in [0.15, 0.2) is 36.7 Å². The summed E-state index contributed by atoms with van der Waals surface area (Å²) in [6, 6.07) is 5.41. The summed E-state index contributed by atoms with van der Waals surface area (Å²) in [4.78, 5) is 24.5. The molecule has 0 bridgehead atoms. The zero-order valence-electron chi connectivity index (χ0n) is 22.8. The summed E-state index contributed by atoms with van der Waals surface area (Å²) < 4.78 is 83.2. The molecule has 41 heavy (non-hydrogen) atoms. The molecule has 13 heteroatoms. The van der Waals surface area contributed by atoms with Gasteiger partial charge in [-0.2, -0.15) is 13.2 Å². The molecule has 1 saturated heterocycles. The smallest absolute Gasteiger partial charge is 0.434 e. The average Bonchev–Trinajstić information content (AvgIpc) is 3.49. The van der Waals surface area contributed by atoms with E-state index >= 15 is 8.78 Å². The number of benzene rings is 1. The third-order valence-electron chi connectivity index (χ3n) is 6.51. The van der Waals surface area contributed by atoms with E-state index in [0.717, 1.165) is 17.7 Å². The van der Waals surface area contributed by atoms with Gasteiger partial charge in [-0.1, -0.05) is 0 Å². The van der Waals surface area contributed by atoms with Crippen LogP contribution in [-0.2, 0) is 22.1 Å². The number of nitrogens with zero attached hydrogens (tertiary/aromatic N) is 4. The van der Waals surface area contributed by atoms with E-state index in [0.29, 0.717) is 24.1 Å². The molecule has 3 aromatic heterocycles. The first-order valence-corrected chi connectivity index (χ1v) is 12.9. The van der Waals surface area contributed by atoms with Gasteiger partial charge in [-0.3, -0.25) is 0 Å². The summed E-state index contributed by atoms with van der Waals surface area (Å²) in [6.45, 7) is 7.93. The Kier molecular flexibility index (Phi) is 7.26. The molecule has 1 aliphatic rings. The van der Waals surface area contributed by atoms with Gasteiger partial charge in [-0.05, 0) is 57.5 Å². The lowest BCUT2D eigenvalue weighted by molar-refractivity contribution is -0.140. The number of aromatic amines is 1. The van der Waals surface area contributed by atoms with Gasteiger partial charge in [-0.25, -0.2) is 23.5 Å². The van der Waals surface area contributed by atoms with Gasteiger partial charge in [0, 0.05) is 30.9 Å². The fraction of sp³-hybridized carbons (Fsp3) is 0.393. The molecule has 0 saturated carbocycles. The van der Waals surface area contributed by atoms with Crippen LogP contribution in [0.3, 0.4) is 0 Å². The number of aromatic nitrogens is 4. The van der Waals surface area contributed by atoms with E-state index < -0.39 is 46.9 Å². The van der Waals surface area contributed by atoms with E-state index in [9.17, 15) is 18.0 Å². The number of imidazole rings is 2. The van der Waals surface area contributed by atoms with Crippen LogP contribution in [0.5, 0.6) is 0 Å². The Morgan fingerprint density at radius 3 is 2.49 bits per heavy atom. The van der Waals surface area contributed by atoms with Crippen molar-refractivity contribution >= 4 is 11.7 Å². The Labute approximate surface area is 232 Å². The molecule has 1 fully saturated rings. The maximum atomic E-state index is 15.6. The van der Waals surface area contributed by atoms with E-state index in [-0.39, 0.29) is 36.7 Å². The number of carbonyl (C=O) groups excluding carboxylic acids is 1. The summed E-state index contributed by atoms with van der Waals surface area (Å²) in [5.41, 5.74) is -0.731. The molecule has 1 aromatic carbocycles. The van der Waals surface area contributed by atoms with Crippen molar-refractivity contribution in [2.45, 2.75) is 52.0 Å². The first kappa shape index (κ1) is 28.5. The minimum Gasteiger partial charge on any atom is -0.444 e. The highest BCUT2D eigenvalue weighted by Gasteiger charge is 2.34. The Balaban J connectivity index is 1.51. The lowest BCUT2D eigenvalue weighted by Crippen LogP contribution is -2.48. The normalized spacial score (nSPS) is 16.4. The van der Waals surface area contributed by atoms with E-state index in [4.69, 9.17) is 9.47 Å². The summed E-state index contributed by atoms with van der Waals surface area (Å²) in [5, 5.41) is 0. The van der Waals surface area contributed by atoms with Gasteiger partial charge in [0.15, 0.2) is 5.69 Å². The monoisotopic (exact) mass is 577 g/mol. The number of fused-ring (bicyclic) bond motifs is 1. The van der Waals surface area contributed by atoms with Crippen molar-refractivity contribution < 1.29 is 36.2 Å². The van der Waals surface area contributed by atoms with Crippen LogP contribution in [0.4, 0.5) is 26.7 Å². The predicted octanol–water partition coefficient (Wildman–Crippen LogP) is 6.18. The number of alkyl halides is 3. The minimum atomic E-state index is -4.71. The first-order chi connectivity index (χ1) is 19.2. The molecule has 0 aliphatic carbocycles.